The Labute approximate surface area is 181 Å². The number of rotatable bonds is 3. The van der Waals surface area contributed by atoms with E-state index >= 15 is 0 Å². The van der Waals surface area contributed by atoms with Gasteiger partial charge in [-0.25, -0.2) is 17.6 Å². The van der Waals surface area contributed by atoms with E-state index < -0.39 is 34.0 Å². The van der Waals surface area contributed by atoms with Gasteiger partial charge in [-0.1, -0.05) is 30.7 Å². The van der Waals surface area contributed by atoms with Gasteiger partial charge in [0.1, 0.15) is 10.7 Å². The molecule has 0 aromatic heterocycles. The van der Waals surface area contributed by atoms with Crippen LogP contribution in [0.25, 0.3) is 0 Å². The lowest BCUT2D eigenvalue weighted by Crippen LogP contribution is -2.53. The molecule has 0 spiro atoms. The number of halogens is 5. The zero-order valence-corrected chi connectivity index (χ0v) is 17.5. The molecule has 1 heterocycles. The Morgan fingerprint density at radius 3 is 2.03 bits per heavy atom. The quantitative estimate of drug-likeness (QED) is 0.321. The third-order valence-electron chi connectivity index (χ3n) is 4.91. The van der Waals surface area contributed by atoms with Crippen LogP contribution >= 0.6 is 23.8 Å². The van der Waals surface area contributed by atoms with Crippen LogP contribution in [0.3, 0.4) is 0 Å². The molecule has 0 bridgehead atoms. The average Bonchev–Trinajstić information content (AvgIpc) is 2.77. The molecule has 2 aromatic carbocycles. The number of carbonyl (C=O) groups excluding carboxylic acids is 1. The number of nitrogens with zero attached hydrogens (tertiary/aromatic N) is 2. The number of aryl methyl sites for hydroxylation is 1. The zero-order chi connectivity index (χ0) is 22.0. The highest BCUT2D eigenvalue weighted by Crippen LogP contribution is 2.33. The molecule has 1 amide bonds. The van der Waals surface area contributed by atoms with Crippen LogP contribution in [-0.2, 0) is 6.42 Å². The second kappa shape index (κ2) is 9.18. The van der Waals surface area contributed by atoms with Crippen LogP contribution in [0.15, 0.2) is 24.3 Å². The number of hydrogen-bond acceptors (Lipinski definition) is 3. The fourth-order valence-corrected chi connectivity index (χ4v) is 3.59. The van der Waals surface area contributed by atoms with Gasteiger partial charge >= 0.3 is 0 Å². The van der Waals surface area contributed by atoms with Gasteiger partial charge in [-0.15, -0.1) is 0 Å². The minimum absolute atomic E-state index is 0.0373. The van der Waals surface area contributed by atoms with Crippen molar-refractivity contribution in [2.24, 2.45) is 0 Å². The molecule has 4 nitrogen and oxygen atoms in total. The van der Waals surface area contributed by atoms with Crippen LogP contribution in [0.4, 0.5) is 23.2 Å². The van der Waals surface area contributed by atoms with Crippen LogP contribution < -0.4 is 10.2 Å². The van der Waals surface area contributed by atoms with Gasteiger partial charge in [0.05, 0.1) is 0 Å². The second-order valence-electron chi connectivity index (χ2n) is 6.70. The number of thiocarbonyl (C=S) groups is 1. The minimum atomic E-state index is -1.63. The van der Waals surface area contributed by atoms with Crippen LogP contribution in [0.1, 0.15) is 22.8 Å². The molecule has 30 heavy (non-hydrogen) atoms. The summed E-state index contributed by atoms with van der Waals surface area (Å²) >= 11 is 10.5. The van der Waals surface area contributed by atoms with Crippen molar-refractivity contribution in [1.82, 2.24) is 10.2 Å². The van der Waals surface area contributed by atoms with Gasteiger partial charge < -0.3 is 9.80 Å². The zero-order valence-electron chi connectivity index (χ0n) is 15.9. The van der Waals surface area contributed by atoms with Gasteiger partial charge in [-0.3, -0.25) is 10.1 Å². The van der Waals surface area contributed by atoms with Gasteiger partial charge in [-0.05, 0) is 36.3 Å². The largest absolute Gasteiger partial charge is 0.363 e. The van der Waals surface area contributed by atoms with Crippen LogP contribution in [-0.4, -0.2) is 42.1 Å². The highest BCUT2D eigenvalue weighted by Gasteiger charge is 2.30. The Morgan fingerprint density at radius 1 is 1.00 bits per heavy atom. The van der Waals surface area contributed by atoms with Crippen molar-refractivity contribution in [3.63, 3.8) is 0 Å². The summed E-state index contributed by atoms with van der Waals surface area (Å²) in [5.74, 6) is -6.73. The topological polar surface area (TPSA) is 35.6 Å². The van der Waals surface area contributed by atoms with E-state index in [0.717, 1.165) is 12.0 Å². The number of amides is 1. The first-order valence-corrected chi connectivity index (χ1v) is 9.98. The Morgan fingerprint density at radius 2 is 1.53 bits per heavy atom. The Hall–Kier alpha value is -2.39. The molecule has 1 aliphatic rings. The Bertz CT molecular complexity index is 950. The molecule has 0 unspecified atom stereocenters. The van der Waals surface area contributed by atoms with Gasteiger partial charge in [-0.2, -0.15) is 0 Å². The third-order valence-corrected chi connectivity index (χ3v) is 5.61. The number of piperazine rings is 1. The summed E-state index contributed by atoms with van der Waals surface area (Å²) in [6.07, 6.45) is 0.854. The number of nitrogens with one attached hydrogen (secondary N) is 1. The van der Waals surface area contributed by atoms with Gasteiger partial charge in [0.15, 0.2) is 28.4 Å². The van der Waals surface area contributed by atoms with Crippen LogP contribution in [0.2, 0.25) is 5.02 Å². The van der Waals surface area contributed by atoms with Crippen molar-refractivity contribution in [3.8, 4) is 0 Å². The van der Waals surface area contributed by atoms with Crippen LogP contribution in [0.5, 0.6) is 0 Å². The van der Waals surface area contributed by atoms with Crippen molar-refractivity contribution in [3.05, 3.63) is 63.7 Å². The maximum atomic E-state index is 14.2. The molecule has 1 saturated heterocycles. The summed E-state index contributed by atoms with van der Waals surface area (Å²) < 4.78 is 55.8. The van der Waals surface area contributed by atoms with E-state index in [0.29, 0.717) is 5.56 Å². The maximum absolute atomic E-state index is 14.2. The lowest BCUT2D eigenvalue weighted by molar-refractivity contribution is 0.0973. The molecule has 10 heteroatoms. The van der Waals surface area contributed by atoms with E-state index in [1.165, 1.54) is 4.90 Å². The highest BCUT2D eigenvalue weighted by molar-refractivity contribution is 7.80. The molecule has 1 aliphatic heterocycles. The number of hydrogen-bond donors (Lipinski definition) is 1. The molecule has 0 radical (unpaired) electrons. The number of carbonyl (C=O) groups is 1. The van der Waals surface area contributed by atoms with E-state index in [-0.39, 0.29) is 37.2 Å². The monoisotopic (exact) mass is 459 g/mol. The lowest BCUT2D eigenvalue weighted by Gasteiger charge is -2.37. The first-order chi connectivity index (χ1) is 14.2. The first kappa shape index (κ1) is 22.3. The fourth-order valence-electron chi connectivity index (χ4n) is 3.14. The molecule has 0 saturated carbocycles. The predicted octanol–water partition coefficient (Wildman–Crippen LogP) is 4.30. The third kappa shape index (κ3) is 4.37. The molecule has 0 atom stereocenters. The summed E-state index contributed by atoms with van der Waals surface area (Å²) in [5, 5.41) is 1.56. The molecule has 2 aromatic rings. The van der Waals surface area contributed by atoms with Crippen molar-refractivity contribution in [2.45, 2.75) is 13.3 Å². The molecular formula is C20H18ClF4N3OS. The summed E-state index contributed by atoms with van der Waals surface area (Å²) in [5.41, 5.74) is 0.740. The molecule has 1 fully saturated rings. The summed E-state index contributed by atoms with van der Waals surface area (Å²) in [7, 11) is 0. The molecular weight excluding hydrogens is 442 g/mol. The number of anilines is 1. The SMILES string of the molecule is CCc1ccc(C(=O)NC(=S)N2CCN(c3c(F)c(F)c(Cl)c(F)c3F)CC2)cc1. The molecule has 160 valence electrons. The normalized spacial score (nSPS) is 14.1. The molecule has 3 rings (SSSR count). The molecule has 0 aliphatic carbocycles. The lowest BCUT2D eigenvalue weighted by atomic mass is 10.1. The Balaban J connectivity index is 1.64. The van der Waals surface area contributed by atoms with Gasteiger partial charge in [0.2, 0.25) is 0 Å². The highest BCUT2D eigenvalue weighted by atomic mass is 35.5. The predicted molar refractivity (Wildman–Crippen MR) is 111 cm³/mol. The van der Waals surface area contributed by atoms with E-state index in [1.807, 2.05) is 19.1 Å². The van der Waals surface area contributed by atoms with E-state index in [2.05, 4.69) is 5.32 Å². The standard InChI is InChI=1S/C20H18ClF4N3OS/c1-2-11-3-5-12(6-4-11)19(29)26-20(30)28-9-7-27(8-10-28)18-16(24)14(22)13(21)15(23)17(18)25/h3-6H,2,7-10H2,1H3,(H,26,29,30). The summed E-state index contributed by atoms with van der Waals surface area (Å²) in [6.45, 7) is 2.47. The first-order valence-electron chi connectivity index (χ1n) is 9.20. The van der Waals surface area contributed by atoms with Gasteiger partial charge in [0, 0.05) is 31.7 Å². The van der Waals surface area contributed by atoms with Crippen molar-refractivity contribution < 1.29 is 22.4 Å². The summed E-state index contributed by atoms with van der Waals surface area (Å²) in [4.78, 5) is 15.2. The van der Waals surface area contributed by atoms with Gasteiger partial charge in [0.25, 0.3) is 5.91 Å². The van der Waals surface area contributed by atoms with Crippen molar-refractivity contribution >= 4 is 40.5 Å². The second-order valence-corrected chi connectivity index (χ2v) is 7.47. The average molecular weight is 460 g/mol. The Kier molecular flexibility index (Phi) is 6.82. The van der Waals surface area contributed by atoms with E-state index in [1.54, 1.807) is 17.0 Å². The van der Waals surface area contributed by atoms with Crippen molar-refractivity contribution in [2.75, 3.05) is 31.1 Å². The summed E-state index contributed by atoms with van der Waals surface area (Å²) in [6, 6.07) is 7.10. The van der Waals surface area contributed by atoms with E-state index in [4.69, 9.17) is 23.8 Å². The fraction of sp³-hybridized carbons (Fsp3) is 0.300. The smallest absolute Gasteiger partial charge is 0.257 e. The minimum Gasteiger partial charge on any atom is -0.363 e. The number of benzene rings is 2. The maximum Gasteiger partial charge on any atom is 0.257 e. The van der Waals surface area contributed by atoms with E-state index in [9.17, 15) is 22.4 Å². The van der Waals surface area contributed by atoms with Crippen molar-refractivity contribution in [1.29, 1.82) is 0 Å². The molecule has 1 N–H and O–H groups in total. The van der Waals surface area contributed by atoms with Crippen LogP contribution in [0, 0.1) is 23.3 Å².